The van der Waals surface area contributed by atoms with E-state index in [1.165, 1.54) is 43.4 Å². The van der Waals surface area contributed by atoms with Gasteiger partial charge in [0.2, 0.25) is 17.7 Å². The first-order valence-electron chi connectivity index (χ1n) is 32.3. The molecular weight excluding hydrogens is 1390 g/mol. The number of hydrogen-bond acceptors (Lipinski definition) is 18. The first-order chi connectivity index (χ1) is 45.0. The summed E-state index contributed by atoms with van der Waals surface area (Å²) in [5.74, 6) is -6.05. The van der Waals surface area contributed by atoms with Gasteiger partial charge < -0.3 is 45.1 Å². The Hall–Kier alpha value is -6.26. The minimum atomic E-state index is -4.24. The molecule has 1 unspecified atom stereocenters. The van der Waals surface area contributed by atoms with Crippen LogP contribution in [0, 0.1) is 23.7 Å². The zero-order valence-corrected chi connectivity index (χ0v) is 58.3. The topological polar surface area (TPSA) is 312 Å². The van der Waals surface area contributed by atoms with Crippen molar-refractivity contribution in [3.8, 4) is 0 Å². The Bertz CT molecular complexity index is 3290. The van der Waals surface area contributed by atoms with Gasteiger partial charge in [0, 0.05) is 39.7 Å². The number of alkyl carbamates (subject to hydrolysis) is 2. The number of nitrogens with zero attached hydrogens (tertiary/aromatic N) is 1. The second-order valence-electron chi connectivity index (χ2n) is 24.9. The van der Waals surface area contributed by atoms with Crippen molar-refractivity contribution in [1.29, 1.82) is 0 Å². The van der Waals surface area contributed by atoms with E-state index in [4.69, 9.17) is 27.3 Å². The van der Waals surface area contributed by atoms with Gasteiger partial charge in [0.15, 0.2) is 5.78 Å². The van der Waals surface area contributed by atoms with Crippen molar-refractivity contribution in [3.05, 3.63) is 108 Å². The van der Waals surface area contributed by atoms with Crippen LogP contribution < -0.4 is 21.3 Å². The lowest BCUT2D eigenvalue weighted by atomic mass is 9.85. The highest BCUT2D eigenvalue weighted by Gasteiger charge is 2.63. The third-order valence-electron chi connectivity index (χ3n) is 18.4. The summed E-state index contributed by atoms with van der Waals surface area (Å²) in [5.41, 5.74) is -2.58. The van der Waals surface area contributed by atoms with Crippen molar-refractivity contribution in [2.24, 2.45) is 23.7 Å². The van der Waals surface area contributed by atoms with E-state index in [1.54, 1.807) is 30.3 Å². The van der Waals surface area contributed by atoms with Crippen LogP contribution in [-0.4, -0.2) is 144 Å². The van der Waals surface area contributed by atoms with Crippen LogP contribution in [0.4, 0.5) is 9.59 Å². The molecule has 0 aromatic heterocycles. The highest BCUT2D eigenvalue weighted by Crippen LogP contribution is 2.48. The van der Waals surface area contributed by atoms with Crippen molar-refractivity contribution in [2.75, 3.05) is 20.8 Å². The SMILES string of the molecule is C=C.C=CCCCCC[C@H](NC(=O)OC1CCCC1)C(=O)C1C[C@@H](OS(=O)(=O)c2ccc(Br)cc2)C[C@H]1C(=O)N[C@]1(C(=O)OC)C[C@H]1C=C.COC(=O)[C@@]12C[C@H]1/C=C\CCCCC[C@H](NC(=O)OC1CCCC1)C(=O)N1C[C@@H](OS(=O)(=O)c3ccc(Br)cc3)C[C@H]1C(=O)N2. The molecule has 5 amide bonds. The van der Waals surface area contributed by atoms with Gasteiger partial charge in [0.1, 0.15) is 35.4 Å². The van der Waals surface area contributed by atoms with Gasteiger partial charge in [-0.1, -0.05) is 81.8 Å². The number of ketones is 1. The summed E-state index contributed by atoms with van der Waals surface area (Å²) in [4.78, 5) is 109. The number of carbonyl (C=O) groups excluding carboxylic acids is 8. The molecule has 7 aliphatic rings. The molecule has 27 heteroatoms. The molecule has 11 atom stereocenters. The molecule has 516 valence electrons. The predicted octanol–water partition coefficient (Wildman–Crippen LogP) is 10.1. The molecule has 2 heterocycles. The molecule has 2 aromatic rings. The molecule has 1 saturated heterocycles. The van der Waals surface area contributed by atoms with Gasteiger partial charge in [-0.15, -0.1) is 26.3 Å². The van der Waals surface area contributed by atoms with Crippen LogP contribution in [0.1, 0.15) is 148 Å². The summed E-state index contributed by atoms with van der Waals surface area (Å²) in [6.45, 7) is 13.3. The summed E-state index contributed by atoms with van der Waals surface area (Å²) >= 11 is 6.57. The number of methoxy groups -OCH3 is 2. The number of ether oxygens (including phenoxy) is 4. The quantitative estimate of drug-likeness (QED) is 0.0264. The standard InChI is InChI=1S/C34H45BrN2O9S.C31H40BrN3O9S.C2H4/c1-4-6-7-8-9-14-29(36-33(41)45-24-12-10-11-13-24)30(38)27-19-25(46-47(42,43)26-17-15-23(35)16-18-26)20-28(27)31(39)37-34(32(40)44-3)21-22(34)5-2;1-42-29(38)31-18-20(31)9-5-3-2-4-6-12-25(33-30(39)43-22-10-7-8-11-22)28(37)35-19-23(17-26(35)27(36)34-31)44-45(40,41)24-15-13-21(32)14-16-24;1-2/h4-5,15-18,22,24-25,27-29H,1-2,6-14,19-21H2,3H3,(H,36,41)(H,37,39);5,9,13-16,20,22-23,25-26H,2-4,6-8,10-12,17-19H2,1H3,(H,33,39)(H,34,36);1-2H2/b;9-5-;/t22-,25-,27?,28-,29+,34-;20-,23+,25+,26+,31-;/m11./s1. The number of nitrogens with one attached hydrogen (secondary N) is 4. The lowest BCUT2D eigenvalue weighted by Gasteiger charge is -2.29. The number of amides is 5. The normalized spacial score (nSPS) is 27.6. The molecular formula is C67H89Br2N5O18S2. The first kappa shape index (κ1) is 75.1. The Morgan fingerprint density at radius 3 is 1.82 bits per heavy atom. The van der Waals surface area contributed by atoms with E-state index in [9.17, 15) is 55.2 Å². The summed E-state index contributed by atoms with van der Waals surface area (Å²) < 4.78 is 86.4. The number of Topliss-reactive ketones (excluding diaryl/α,β-unsaturated/α-hetero) is 1. The Morgan fingerprint density at radius 1 is 0.691 bits per heavy atom. The maximum Gasteiger partial charge on any atom is 0.408 e. The lowest BCUT2D eigenvalue weighted by Crippen LogP contribution is -2.56. The van der Waals surface area contributed by atoms with E-state index in [2.05, 4.69) is 79.4 Å². The minimum Gasteiger partial charge on any atom is -0.467 e. The summed E-state index contributed by atoms with van der Waals surface area (Å²) in [5, 5.41) is 11.1. The summed E-state index contributed by atoms with van der Waals surface area (Å²) in [7, 11) is -6.00. The number of hydrogen-bond donors (Lipinski definition) is 4. The van der Waals surface area contributed by atoms with Crippen molar-refractivity contribution in [2.45, 2.75) is 211 Å². The van der Waals surface area contributed by atoms with Crippen molar-refractivity contribution >= 4 is 99.7 Å². The second kappa shape index (κ2) is 34.6. The van der Waals surface area contributed by atoms with Crippen molar-refractivity contribution in [3.63, 3.8) is 0 Å². The number of halogens is 2. The Labute approximate surface area is 568 Å². The second-order valence-corrected chi connectivity index (χ2v) is 29.8. The number of benzene rings is 2. The Balaban J connectivity index is 0.000000259. The number of allylic oxidation sites excluding steroid dienone is 2. The minimum absolute atomic E-state index is 0.0679. The smallest absolute Gasteiger partial charge is 0.408 e. The Kier molecular flexibility index (Phi) is 27.7. The summed E-state index contributed by atoms with van der Waals surface area (Å²) in [6.07, 6.45) is 17.4. The first-order valence-corrected chi connectivity index (χ1v) is 36.7. The van der Waals surface area contributed by atoms with Crippen LogP contribution in [-0.2, 0) is 76.3 Å². The molecule has 0 radical (unpaired) electrons. The third kappa shape index (κ3) is 19.7. The molecule has 6 fully saturated rings. The van der Waals surface area contributed by atoms with Crippen LogP contribution in [0.25, 0.3) is 0 Å². The number of fused-ring (bicyclic) bond motifs is 2. The maximum absolute atomic E-state index is 14.3. The predicted molar refractivity (Wildman–Crippen MR) is 354 cm³/mol. The van der Waals surface area contributed by atoms with Crippen LogP contribution in [0.5, 0.6) is 0 Å². The number of carbonyl (C=O) groups is 8. The largest absolute Gasteiger partial charge is 0.467 e. The van der Waals surface area contributed by atoms with Gasteiger partial charge in [-0.25, -0.2) is 19.2 Å². The lowest BCUT2D eigenvalue weighted by molar-refractivity contribution is -0.148. The highest BCUT2D eigenvalue weighted by atomic mass is 79.9. The molecule has 9 rings (SSSR count). The highest BCUT2D eigenvalue weighted by molar-refractivity contribution is 9.10. The van der Waals surface area contributed by atoms with Crippen LogP contribution in [0.2, 0.25) is 0 Å². The molecule has 2 aromatic carbocycles. The zero-order valence-electron chi connectivity index (χ0n) is 53.4. The molecule has 5 saturated carbocycles. The van der Waals surface area contributed by atoms with Gasteiger partial charge in [-0.2, -0.15) is 16.8 Å². The molecule has 0 spiro atoms. The van der Waals surface area contributed by atoms with Crippen LogP contribution in [0.3, 0.4) is 0 Å². The van der Waals surface area contributed by atoms with Crippen molar-refractivity contribution < 1.29 is 82.5 Å². The summed E-state index contributed by atoms with van der Waals surface area (Å²) in [6, 6.07) is 8.73. The van der Waals surface area contributed by atoms with Gasteiger partial charge >= 0.3 is 24.1 Å². The molecule has 2 aliphatic heterocycles. The van der Waals surface area contributed by atoms with Gasteiger partial charge in [0.25, 0.3) is 20.2 Å². The average molecular weight is 1480 g/mol. The number of rotatable bonds is 23. The third-order valence-corrected chi connectivity index (χ3v) is 22.2. The van der Waals surface area contributed by atoms with Crippen molar-refractivity contribution in [1.82, 2.24) is 26.2 Å². The van der Waals surface area contributed by atoms with Crippen LogP contribution in [0.15, 0.2) is 118 Å². The fraction of sp³-hybridized carbons (Fsp3) is 0.582. The maximum atomic E-state index is 14.3. The zero-order chi connectivity index (χ0) is 68.4. The van der Waals surface area contributed by atoms with E-state index in [0.29, 0.717) is 47.5 Å². The molecule has 5 aliphatic carbocycles. The monoisotopic (exact) mass is 1470 g/mol. The molecule has 94 heavy (non-hydrogen) atoms. The van der Waals surface area contributed by atoms with E-state index in [0.717, 1.165) is 89.9 Å². The van der Waals surface area contributed by atoms with E-state index >= 15 is 0 Å². The molecule has 4 N–H and O–H groups in total. The number of esters is 2. The van der Waals surface area contributed by atoms with E-state index in [-0.39, 0.29) is 59.6 Å². The fourth-order valence-corrected chi connectivity index (χ4v) is 15.9. The Morgan fingerprint density at radius 2 is 1.26 bits per heavy atom. The van der Waals surface area contributed by atoms with Gasteiger partial charge in [0.05, 0.1) is 48.2 Å². The van der Waals surface area contributed by atoms with Gasteiger partial charge in [-0.3, -0.25) is 27.5 Å². The molecule has 0 bridgehead atoms. The average Bonchev–Trinajstić information content (AvgIpc) is 1.59. The fourth-order valence-electron chi connectivity index (χ4n) is 13.2. The van der Waals surface area contributed by atoms with E-state index in [1.807, 2.05) is 18.2 Å². The van der Waals surface area contributed by atoms with Gasteiger partial charge in [-0.05, 0) is 164 Å². The number of unbranched alkanes of at least 4 members (excludes halogenated alkanes) is 3. The van der Waals surface area contributed by atoms with Crippen LogP contribution >= 0.6 is 31.9 Å². The van der Waals surface area contributed by atoms with E-state index < -0.39 is 121 Å². The molecule has 23 nitrogen and oxygen atoms in total.